The van der Waals surface area contributed by atoms with Crippen LogP contribution >= 0.6 is 0 Å². The van der Waals surface area contributed by atoms with Crippen molar-refractivity contribution >= 4 is 16.7 Å². The summed E-state index contributed by atoms with van der Waals surface area (Å²) in [5.74, 6) is -0.0750. The Morgan fingerprint density at radius 1 is 1.33 bits per heavy atom. The molecule has 0 radical (unpaired) electrons. The van der Waals surface area contributed by atoms with Gasteiger partial charge in [0.2, 0.25) is 0 Å². The molecule has 1 aliphatic rings. The molecule has 21 heavy (non-hydrogen) atoms. The number of nitrogens with one attached hydrogen (secondary N) is 1. The van der Waals surface area contributed by atoms with Crippen LogP contribution in [0.1, 0.15) is 43.1 Å². The third kappa shape index (κ3) is 2.44. The molecule has 1 saturated heterocycles. The number of fused-ring (bicyclic) bond motifs is 1. The van der Waals surface area contributed by atoms with E-state index in [-0.39, 0.29) is 17.5 Å². The first-order valence-electron chi connectivity index (χ1n) is 7.50. The summed E-state index contributed by atoms with van der Waals surface area (Å²) in [4.78, 5) is 26.6. The lowest BCUT2D eigenvalue weighted by Gasteiger charge is -2.35. The number of benzene rings is 1. The third-order valence-electron chi connectivity index (χ3n) is 4.26. The summed E-state index contributed by atoms with van der Waals surface area (Å²) < 4.78 is 0. The molecular formula is C16H19N3O2. The first-order valence-corrected chi connectivity index (χ1v) is 7.50. The van der Waals surface area contributed by atoms with Crippen LogP contribution in [0.5, 0.6) is 0 Å². The van der Waals surface area contributed by atoms with Crippen molar-refractivity contribution in [2.75, 3.05) is 6.54 Å². The summed E-state index contributed by atoms with van der Waals surface area (Å²) in [6.07, 6.45) is 4.20. The summed E-state index contributed by atoms with van der Waals surface area (Å²) in [7, 11) is 0. The van der Waals surface area contributed by atoms with Crippen molar-refractivity contribution in [1.29, 1.82) is 0 Å². The molecule has 2 heterocycles. The molecule has 3 rings (SSSR count). The van der Waals surface area contributed by atoms with E-state index < -0.39 is 0 Å². The maximum Gasteiger partial charge on any atom is 0.275 e. The Bertz CT molecular complexity index is 723. The average Bonchev–Trinajstić information content (AvgIpc) is 2.55. The normalized spacial score (nSPS) is 18.9. The third-order valence-corrected chi connectivity index (χ3v) is 4.26. The van der Waals surface area contributed by atoms with Crippen molar-refractivity contribution in [3.05, 3.63) is 40.3 Å². The van der Waals surface area contributed by atoms with Crippen LogP contribution in [0.4, 0.5) is 0 Å². The van der Waals surface area contributed by atoms with E-state index in [1.54, 1.807) is 18.2 Å². The molecule has 1 fully saturated rings. The molecule has 5 nitrogen and oxygen atoms in total. The van der Waals surface area contributed by atoms with E-state index in [4.69, 9.17) is 0 Å². The predicted molar refractivity (Wildman–Crippen MR) is 81.3 cm³/mol. The zero-order valence-corrected chi connectivity index (χ0v) is 12.1. The van der Waals surface area contributed by atoms with Crippen LogP contribution in [0.3, 0.4) is 0 Å². The Hall–Kier alpha value is -2.17. The van der Waals surface area contributed by atoms with E-state index in [1.165, 1.54) is 6.42 Å². The molecule has 1 aromatic heterocycles. The largest absolute Gasteiger partial charge is 0.334 e. The lowest BCUT2D eigenvalue weighted by Crippen LogP contribution is -2.44. The number of rotatable bonds is 2. The molecule has 1 atom stereocenters. The minimum Gasteiger partial charge on any atom is -0.334 e. The van der Waals surface area contributed by atoms with Crippen LogP contribution in [-0.4, -0.2) is 33.6 Å². The van der Waals surface area contributed by atoms with Crippen LogP contribution in [0.15, 0.2) is 29.1 Å². The van der Waals surface area contributed by atoms with Gasteiger partial charge >= 0.3 is 0 Å². The topological polar surface area (TPSA) is 66.1 Å². The number of carbonyl (C=O) groups excluding carboxylic acids is 1. The smallest absolute Gasteiger partial charge is 0.275 e. The number of carbonyl (C=O) groups is 1. The highest BCUT2D eigenvalue weighted by Crippen LogP contribution is 2.23. The Kier molecular flexibility index (Phi) is 3.73. The molecule has 5 heteroatoms. The Morgan fingerprint density at radius 2 is 2.10 bits per heavy atom. The van der Waals surface area contributed by atoms with E-state index in [0.29, 0.717) is 16.5 Å². The molecule has 1 amide bonds. The van der Waals surface area contributed by atoms with E-state index >= 15 is 0 Å². The molecule has 0 spiro atoms. The zero-order valence-electron chi connectivity index (χ0n) is 12.1. The first kappa shape index (κ1) is 13.8. The van der Waals surface area contributed by atoms with Crippen molar-refractivity contribution in [2.45, 2.75) is 38.6 Å². The highest BCUT2D eigenvalue weighted by molar-refractivity contribution is 6.04. The van der Waals surface area contributed by atoms with E-state index in [1.807, 2.05) is 11.0 Å². The number of piperidine rings is 1. The van der Waals surface area contributed by atoms with Gasteiger partial charge in [0.05, 0.1) is 5.39 Å². The molecule has 0 saturated carbocycles. The van der Waals surface area contributed by atoms with Gasteiger partial charge in [0.1, 0.15) is 0 Å². The summed E-state index contributed by atoms with van der Waals surface area (Å²) in [5, 5.41) is 7.61. The van der Waals surface area contributed by atoms with Crippen molar-refractivity contribution in [1.82, 2.24) is 15.1 Å². The molecule has 1 aliphatic heterocycles. The first-order chi connectivity index (χ1) is 10.2. The number of aromatic nitrogens is 2. The van der Waals surface area contributed by atoms with Crippen LogP contribution in [0.2, 0.25) is 0 Å². The predicted octanol–water partition coefficient (Wildman–Crippen LogP) is 2.33. The van der Waals surface area contributed by atoms with Crippen LogP contribution < -0.4 is 5.56 Å². The van der Waals surface area contributed by atoms with Gasteiger partial charge in [0.15, 0.2) is 5.69 Å². The minimum absolute atomic E-state index is 0.0750. The molecule has 1 aromatic carbocycles. The number of amides is 1. The van der Waals surface area contributed by atoms with Gasteiger partial charge in [-0.25, -0.2) is 5.10 Å². The minimum atomic E-state index is -0.257. The molecule has 0 bridgehead atoms. The number of hydrogen-bond donors (Lipinski definition) is 1. The molecule has 1 N–H and O–H groups in total. The number of H-pyrrole nitrogens is 1. The van der Waals surface area contributed by atoms with Gasteiger partial charge in [-0.1, -0.05) is 25.1 Å². The second kappa shape index (κ2) is 5.68. The van der Waals surface area contributed by atoms with Crippen molar-refractivity contribution in [2.24, 2.45) is 0 Å². The number of aromatic amines is 1. The molecule has 0 aliphatic carbocycles. The van der Waals surface area contributed by atoms with Crippen LogP contribution in [-0.2, 0) is 0 Å². The van der Waals surface area contributed by atoms with E-state index in [2.05, 4.69) is 17.1 Å². The number of likely N-dealkylation sites (tertiary alicyclic amines) is 1. The van der Waals surface area contributed by atoms with Crippen molar-refractivity contribution in [3.63, 3.8) is 0 Å². The van der Waals surface area contributed by atoms with Gasteiger partial charge in [0.25, 0.3) is 11.5 Å². The monoisotopic (exact) mass is 285 g/mol. The van der Waals surface area contributed by atoms with Crippen LogP contribution in [0.25, 0.3) is 10.8 Å². The van der Waals surface area contributed by atoms with Gasteiger partial charge in [-0.3, -0.25) is 9.59 Å². The highest BCUT2D eigenvalue weighted by atomic mass is 16.2. The van der Waals surface area contributed by atoms with E-state index in [0.717, 1.165) is 25.8 Å². The number of nitrogens with zero attached hydrogens (tertiary/aromatic N) is 2. The van der Waals surface area contributed by atoms with Gasteiger partial charge < -0.3 is 4.90 Å². The zero-order chi connectivity index (χ0) is 14.8. The van der Waals surface area contributed by atoms with Crippen molar-refractivity contribution in [3.8, 4) is 0 Å². The van der Waals surface area contributed by atoms with Gasteiger partial charge in [-0.2, -0.15) is 5.10 Å². The summed E-state index contributed by atoms with van der Waals surface area (Å²) in [6, 6.07) is 7.41. The lowest BCUT2D eigenvalue weighted by molar-refractivity contribution is 0.0603. The number of hydrogen-bond acceptors (Lipinski definition) is 3. The van der Waals surface area contributed by atoms with Crippen molar-refractivity contribution < 1.29 is 4.79 Å². The molecule has 1 unspecified atom stereocenters. The van der Waals surface area contributed by atoms with Gasteiger partial charge in [-0.15, -0.1) is 0 Å². The molecule has 2 aromatic rings. The highest BCUT2D eigenvalue weighted by Gasteiger charge is 2.28. The lowest BCUT2D eigenvalue weighted by atomic mass is 9.99. The Labute approximate surface area is 123 Å². The summed E-state index contributed by atoms with van der Waals surface area (Å²) in [5.41, 5.74) is 0.0957. The second-order valence-electron chi connectivity index (χ2n) is 5.50. The Balaban J connectivity index is 2.05. The average molecular weight is 285 g/mol. The molecule has 110 valence electrons. The summed E-state index contributed by atoms with van der Waals surface area (Å²) >= 11 is 0. The molecular weight excluding hydrogens is 266 g/mol. The maximum atomic E-state index is 12.8. The fourth-order valence-electron chi connectivity index (χ4n) is 3.11. The van der Waals surface area contributed by atoms with Crippen LogP contribution in [0, 0.1) is 0 Å². The summed E-state index contributed by atoms with van der Waals surface area (Å²) in [6.45, 7) is 2.88. The maximum absolute atomic E-state index is 12.8. The van der Waals surface area contributed by atoms with E-state index in [9.17, 15) is 9.59 Å². The second-order valence-corrected chi connectivity index (χ2v) is 5.50. The van der Waals surface area contributed by atoms with Gasteiger partial charge in [0, 0.05) is 18.0 Å². The fourth-order valence-corrected chi connectivity index (χ4v) is 3.11. The Morgan fingerprint density at radius 3 is 2.86 bits per heavy atom. The fraction of sp³-hybridized carbons (Fsp3) is 0.438. The SMILES string of the molecule is CCC1CCCCN1C(=O)c1n[nH]c(=O)c2ccccc12. The quantitative estimate of drug-likeness (QED) is 0.921. The standard InChI is InChI=1S/C16H19N3O2/c1-2-11-7-5-6-10-19(11)16(21)14-12-8-3-4-9-13(12)15(20)18-17-14/h3-4,8-9,11H,2,5-7,10H2,1H3,(H,18,20). The van der Waals surface area contributed by atoms with Gasteiger partial charge in [-0.05, 0) is 31.7 Å².